The lowest BCUT2D eigenvalue weighted by atomic mass is 10.1. The predicted molar refractivity (Wildman–Crippen MR) is 110 cm³/mol. The van der Waals surface area contributed by atoms with Gasteiger partial charge in [-0.05, 0) is 25.8 Å². The Morgan fingerprint density at radius 3 is 2.45 bits per heavy atom. The average molecular weight is 419 g/mol. The third-order valence-electron chi connectivity index (χ3n) is 5.28. The van der Waals surface area contributed by atoms with Crippen molar-refractivity contribution in [2.24, 2.45) is 13.0 Å². The van der Waals surface area contributed by atoms with Gasteiger partial charge in [0.1, 0.15) is 5.69 Å². The van der Waals surface area contributed by atoms with E-state index in [-0.39, 0.29) is 24.6 Å². The number of hydrogen-bond donors (Lipinski definition) is 0. The number of rotatable bonds is 6. The molecule has 1 aromatic heterocycles. The molecule has 1 aliphatic rings. The van der Waals surface area contributed by atoms with Gasteiger partial charge >= 0.3 is 0 Å². The summed E-state index contributed by atoms with van der Waals surface area (Å²) in [6.07, 6.45) is 1.70. The molecule has 1 saturated heterocycles. The number of sulfonamides is 1. The molecule has 0 bridgehead atoms. The van der Waals surface area contributed by atoms with Crippen LogP contribution >= 0.6 is 0 Å². The lowest BCUT2D eigenvalue weighted by Crippen LogP contribution is -2.42. The zero-order valence-electron chi connectivity index (χ0n) is 17.1. The molecule has 0 saturated carbocycles. The molecule has 0 spiro atoms. The monoisotopic (exact) mass is 418 g/mol. The second-order valence-electron chi connectivity index (χ2n) is 7.49. The minimum Gasteiger partial charge on any atom is -0.342 e. The van der Waals surface area contributed by atoms with Crippen LogP contribution in [0.1, 0.15) is 23.4 Å². The molecule has 29 heavy (non-hydrogen) atoms. The molecule has 2 heterocycles. The SMILES string of the molecule is Cc1nn(C)c(C)c1N(C(=O)C1CC(=O)N(CCc2ccccc2)C1)S(C)(=O)=O. The normalized spacial score (nSPS) is 17.0. The quantitative estimate of drug-likeness (QED) is 0.707. The minimum absolute atomic E-state index is 0.0119. The first-order chi connectivity index (χ1) is 13.6. The van der Waals surface area contributed by atoms with Crippen LogP contribution in [0.4, 0.5) is 5.69 Å². The van der Waals surface area contributed by atoms with Crippen LogP contribution < -0.4 is 4.31 Å². The molecule has 0 N–H and O–H groups in total. The molecule has 156 valence electrons. The van der Waals surface area contributed by atoms with Gasteiger partial charge in [-0.3, -0.25) is 14.3 Å². The van der Waals surface area contributed by atoms with Crippen LogP contribution in [-0.4, -0.2) is 54.3 Å². The first-order valence-electron chi connectivity index (χ1n) is 9.45. The van der Waals surface area contributed by atoms with E-state index in [0.717, 1.165) is 16.1 Å². The maximum absolute atomic E-state index is 13.2. The number of aromatic nitrogens is 2. The third kappa shape index (κ3) is 4.34. The highest BCUT2D eigenvalue weighted by Gasteiger charge is 2.41. The predicted octanol–water partition coefficient (Wildman–Crippen LogP) is 1.42. The Morgan fingerprint density at radius 2 is 1.90 bits per heavy atom. The summed E-state index contributed by atoms with van der Waals surface area (Å²) in [6, 6.07) is 9.79. The summed E-state index contributed by atoms with van der Waals surface area (Å²) in [4.78, 5) is 27.3. The molecule has 3 rings (SSSR count). The summed E-state index contributed by atoms with van der Waals surface area (Å²) < 4.78 is 27.3. The van der Waals surface area contributed by atoms with Crippen LogP contribution in [0.25, 0.3) is 0 Å². The Labute approximate surface area is 171 Å². The van der Waals surface area contributed by atoms with Crippen molar-refractivity contribution in [3.05, 3.63) is 47.3 Å². The number of hydrogen-bond acceptors (Lipinski definition) is 5. The maximum atomic E-state index is 13.2. The fraction of sp³-hybridized carbons (Fsp3) is 0.450. The van der Waals surface area contributed by atoms with E-state index in [2.05, 4.69) is 5.10 Å². The number of likely N-dealkylation sites (tertiary alicyclic amines) is 1. The van der Waals surface area contributed by atoms with Gasteiger partial charge in [0.05, 0.1) is 23.6 Å². The van der Waals surface area contributed by atoms with Gasteiger partial charge in [0.25, 0.3) is 0 Å². The number of carbonyl (C=O) groups is 2. The molecule has 1 atom stereocenters. The van der Waals surface area contributed by atoms with Gasteiger partial charge < -0.3 is 4.90 Å². The third-order valence-corrected chi connectivity index (χ3v) is 6.31. The zero-order chi connectivity index (χ0) is 21.3. The van der Waals surface area contributed by atoms with Crippen LogP contribution in [0.3, 0.4) is 0 Å². The number of nitrogens with zero attached hydrogens (tertiary/aromatic N) is 4. The second-order valence-corrected chi connectivity index (χ2v) is 9.32. The van der Waals surface area contributed by atoms with Gasteiger partial charge in [-0.2, -0.15) is 5.10 Å². The lowest BCUT2D eigenvalue weighted by molar-refractivity contribution is -0.128. The number of benzene rings is 1. The van der Waals surface area contributed by atoms with Gasteiger partial charge in [-0.1, -0.05) is 30.3 Å². The highest BCUT2D eigenvalue weighted by Crippen LogP contribution is 2.30. The smallest absolute Gasteiger partial charge is 0.246 e. The summed E-state index contributed by atoms with van der Waals surface area (Å²) in [5.41, 5.74) is 2.41. The van der Waals surface area contributed by atoms with Crippen molar-refractivity contribution in [1.82, 2.24) is 14.7 Å². The fourth-order valence-corrected chi connectivity index (χ4v) is 4.80. The summed E-state index contributed by atoms with van der Waals surface area (Å²) in [5, 5.41) is 4.23. The molecule has 9 heteroatoms. The van der Waals surface area contributed by atoms with Crippen molar-refractivity contribution in [2.45, 2.75) is 26.7 Å². The van der Waals surface area contributed by atoms with E-state index in [1.807, 2.05) is 30.3 Å². The maximum Gasteiger partial charge on any atom is 0.246 e. The average Bonchev–Trinajstić information content (AvgIpc) is 3.14. The van der Waals surface area contributed by atoms with Gasteiger partial charge in [0, 0.05) is 26.6 Å². The number of carbonyl (C=O) groups excluding carboxylic acids is 2. The molecule has 1 aromatic carbocycles. The van der Waals surface area contributed by atoms with Crippen LogP contribution in [0.5, 0.6) is 0 Å². The van der Waals surface area contributed by atoms with E-state index in [1.165, 1.54) is 0 Å². The van der Waals surface area contributed by atoms with Crippen molar-refractivity contribution in [2.75, 3.05) is 23.7 Å². The molecule has 2 amide bonds. The Balaban J connectivity index is 1.79. The van der Waals surface area contributed by atoms with E-state index in [9.17, 15) is 18.0 Å². The number of anilines is 1. The Morgan fingerprint density at radius 1 is 1.24 bits per heavy atom. The van der Waals surface area contributed by atoms with Gasteiger partial charge in [-0.15, -0.1) is 0 Å². The second kappa shape index (κ2) is 7.98. The van der Waals surface area contributed by atoms with E-state index in [4.69, 9.17) is 0 Å². The molecule has 8 nitrogen and oxygen atoms in total. The first kappa shape index (κ1) is 21.0. The van der Waals surface area contributed by atoms with Crippen LogP contribution in [0.2, 0.25) is 0 Å². The number of amides is 2. The largest absolute Gasteiger partial charge is 0.342 e. The molecule has 1 unspecified atom stereocenters. The van der Waals surface area contributed by atoms with Crippen molar-refractivity contribution >= 4 is 27.5 Å². The van der Waals surface area contributed by atoms with Crippen molar-refractivity contribution < 1.29 is 18.0 Å². The summed E-state index contributed by atoms with van der Waals surface area (Å²) >= 11 is 0. The van der Waals surface area contributed by atoms with Crippen LogP contribution in [0.15, 0.2) is 30.3 Å². The van der Waals surface area contributed by atoms with Crippen molar-refractivity contribution in [1.29, 1.82) is 0 Å². The molecule has 2 aromatic rings. The van der Waals surface area contributed by atoms with Crippen molar-refractivity contribution in [3.8, 4) is 0 Å². The highest BCUT2D eigenvalue weighted by atomic mass is 32.2. The number of aryl methyl sites for hydroxylation is 2. The Hall–Kier alpha value is -2.68. The zero-order valence-corrected chi connectivity index (χ0v) is 17.9. The van der Waals surface area contributed by atoms with E-state index >= 15 is 0 Å². The van der Waals surface area contributed by atoms with E-state index in [0.29, 0.717) is 24.4 Å². The summed E-state index contributed by atoms with van der Waals surface area (Å²) in [6.45, 7) is 4.10. The molecule has 0 radical (unpaired) electrons. The molecule has 0 aliphatic carbocycles. The van der Waals surface area contributed by atoms with Crippen molar-refractivity contribution in [3.63, 3.8) is 0 Å². The molecular formula is C20H26N4O4S. The topological polar surface area (TPSA) is 92.6 Å². The highest BCUT2D eigenvalue weighted by molar-refractivity contribution is 7.92. The molecule has 1 aliphatic heterocycles. The fourth-order valence-electron chi connectivity index (χ4n) is 3.72. The summed E-state index contributed by atoms with van der Waals surface area (Å²) in [7, 11) is -2.18. The van der Waals surface area contributed by atoms with Gasteiger partial charge in [-0.25, -0.2) is 12.7 Å². The van der Waals surface area contributed by atoms with Crippen LogP contribution in [-0.2, 0) is 33.1 Å². The minimum atomic E-state index is -3.88. The van der Waals surface area contributed by atoms with Gasteiger partial charge in [0.2, 0.25) is 21.8 Å². The van der Waals surface area contributed by atoms with Crippen LogP contribution in [0, 0.1) is 19.8 Å². The van der Waals surface area contributed by atoms with E-state index in [1.54, 1.807) is 30.5 Å². The first-order valence-corrected chi connectivity index (χ1v) is 11.3. The molecular weight excluding hydrogens is 392 g/mol. The summed E-state index contributed by atoms with van der Waals surface area (Å²) in [5.74, 6) is -1.42. The Kier molecular flexibility index (Phi) is 5.79. The standard InChI is InChI=1S/C20H26N4O4S/c1-14-19(15(2)22(3)21-14)24(29(4,27)28)20(26)17-12-18(25)23(13-17)11-10-16-8-6-5-7-9-16/h5-9,17H,10-13H2,1-4H3. The van der Waals surface area contributed by atoms with Gasteiger partial charge in [0.15, 0.2) is 0 Å². The molecule has 1 fully saturated rings. The van der Waals surface area contributed by atoms with E-state index < -0.39 is 21.8 Å². The Bertz CT molecular complexity index is 1030. The lowest BCUT2D eigenvalue weighted by Gasteiger charge is -2.24.